The zero-order valence-corrected chi connectivity index (χ0v) is 18.5. The van der Waals surface area contributed by atoms with Gasteiger partial charge in [-0.1, -0.05) is 32.9 Å². The number of nitrogens with zero attached hydrogens (tertiary/aromatic N) is 3. The summed E-state index contributed by atoms with van der Waals surface area (Å²) in [7, 11) is -3.49. The molecule has 1 aromatic carbocycles. The second kappa shape index (κ2) is 7.66. The van der Waals surface area contributed by atoms with Crippen LogP contribution in [0.1, 0.15) is 51.0 Å². The molecule has 1 fully saturated rings. The Morgan fingerprint density at radius 2 is 1.76 bits per heavy atom. The number of aromatic nitrogens is 2. The summed E-state index contributed by atoms with van der Waals surface area (Å²) in [6.45, 7) is 7.24. The van der Waals surface area contributed by atoms with Gasteiger partial charge in [-0.2, -0.15) is 15.6 Å². The van der Waals surface area contributed by atoms with Gasteiger partial charge in [0.2, 0.25) is 21.8 Å². The normalized spacial score (nSPS) is 16.9. The van der Waals surface area contributed by atoms with E-state index < -0.39 is 10.0 Å². The van der Waals surface area contributed by atoms with Gasteiger partial charge in [0.1, 0.15) is 0 Å². The highest BCUT2D eigenvalue weighted by molar-refractivity contribution is 7.89. The molecule has 0 bridgehead atoms. The Kier molecular flexibility index (Phi) is 5.35. The Balaban J connectivity index is 1.43. The first-order valence-electron chi connectivity index (χ1n) is 9.72. The standard InChI is InChI=1S/C21H25N3O3S2/c1-21(2,3)17-4-6-18(7-5-17)29(25,26)24-11-8-15(9-12-24)19-22-23-20(27-19)16-10-13-28-14-16/h4-7,10,13-15H,8-9,11-12H2,1-3H3. The van der Waals surface area contributed by atoms with E-state index in [4.69, 9.17) is 4.42 Å². The van der Waals surface area contributed by atoms with E-state index in [1.165, 1.54) is 0 Å². The molecule has 3 aromatic rings. The van der Waals surface area contributed by atoms with E-state index in [-0.39, 0.29) is 11.3 Å². The van der Waals surface area contributed by atoms with Crippen molar-refractivity contribution in [2.75, 3.05) is 13.1 Å². The molecule has 3 heterocycles. The van der Waals surface area contributed by atoms with Crippen LogP contribution in [0, 0.1) is 0 Å². The predicted octanol–water partition coefficient (Wildman–Crippen LogP) is 4.66. The van der Waals surface area contributed by atoms with Crippen LogP contribution in [0.5, 0.6) is 0 Å². The van der Waals surface area contributed by atoms with Gasteiger partial charge in [-0.05, 0) is 47.4 Å². The first kappa shape index (κ1) is 20.3. The van der Waals surface area contributed by atoms with E-state index in [0.29, 0.717) is 42.6 Å². The van der Waals surface area contributed by atoms with E-state index in [1.807, 2.05) is 29.0 Å². The van der Waals surface area contributed by atoms with Gasteiger partial charge in [0.25, 0.3) is 0 Å². The van der Waals surface area contributed by atoms with Crippen molar-refractivity contribution in [3.05, 3.63) is 52.5 Å². The van der Waals surface area contributed by atoms with E-state index in [0.717, 1.165) is 11.1 Å². The molecular formula is C21H25N3O3S2. The van der Waals surface area contributed by atoms with Crippen LogP contribution < -0.4 is 0 Å². The van der Waals surface area contributed by atoms with Gasteiger partial charge in [-0.25, -0.2) is 8.42 Å². The second-order valence-electron chi connectivity index (χ2n) is 8.41. The van der Waals surface area contributed by atoms with E-state index in [2.05, 4.69) is 31.0 Å². The van der Waals surface area contributed by atoms with Gasteiger partial charge >= 0.3 is 0 Å². The lowest BCUT2D eigenvalue weighted by Crippen LogP contribution is -2.38. The third-order valence-electron chi connectivity index (χ3n) is 5.37. The molecule has 8 heteroatoms. The summed E-state index contributed by atoms with van der Waals surface area (Å²) in [4.78, 5) is 0.349. The lowest BCUT2D eigenvalue weighted by Gasteiger charge is -2.29. The summed E-state index contributed by atoms with van der Waals surface area (Å²) < 4.78 is 33.4. The highest BCUT2D eigenvalue weighted by atomic mass is 32.2. The summed E-state index contributed by atoms with van der Waals surface area (Å²) in [6, 6.07) is 9.19. The fourth-order valence-electron chi connectivity index (χ4n) is 3.52. The molecule has 29 heavy (non-hydrogen) atoms. The molecule has 0 aliphatic carbocycles. The number of hydrogen-bond acceptors (Lipinski definition) is 6. The molecule has 0 amide bonds. The molecule has 6 nitrogen and oxygen atoms in total. The highest BCUT2D eigenvalue weighted by Gasteiger charge is 2.32. The molecule has 1 aliphatic rings. The zero-order chi connectivity index (χ0) is 20.6. The Morgan fingerprint density at radius 3 is 2.34 bits per heavy atom. The lowest BCUT2D eigenvalue weighted by atomic mass is 9.87. The summed E-state index contributed by atoms with van der Waals surface area (Å²) in [5, 5.41) is 12.3. The molecule has 0 atom stereocenters. The quantitative estimate of drug-likeness (QED) is 0.600. The van der Waals surface area contributed by atoms with Gasteiger partial charge < -0.3 is 4.42 Å². The number of thiophene rings is 1. The summed E-state index contributed by atoms with van der Waals surface area (Å²) in [6.07, 6.45) is 1.34. The van der Waals surface area contributed by atoms with E-state index in [1.54, 1.807) is 27.8 Å². The molecule has 4 rings (SSSR count). The third kappa shape index (κ3) is 4.15. The number of hydrogen-bond donors (Lipinski definition) is 0. The van der Waals surface area contributed by atoms with Crippen molar-refractivity contribution in [3.8, 4) is 11.5 Å². The summed E-state index contributed by atoms with van der Waals surface area (Å²) in [5.74, 6) is 1.21. The van der Waals surface area contributed by atoms with Gasteiger partial charge in [-0.3, -0.25) is 0 Å². The average molecular weight is 432 g/mol. The molecule has 2 aromatic heterocycles. The third-order valence-corrected chi connectivity index (χ3v) is 7.97. The minimum absolute atomic E-state index is 0.00735. The molecule has 0 saturated carbocycles. The Bertz CT molecular complexity index is 1060. The molecule has 1 aliphatic heterocycles. The largest absolute Gasteiger partial charge is 0.420 e. The number of benzene rings is 1. The van der Waals surface area contributed by atoms with Crippen molar-refractivity contribution in [1.29, 1.82) is 0 Å². The summed E-state index contributed by atoms with van der Waals surface area (Å²) >= 11 is 1.58. The van der Waals surface area contributed by atoms with Gasteiger partial charge in [0.05, 0.1) is 4.90 Å². The Hall–Kier alpha value is -2.03. The topological polar surface area (TPSA) is 76.3 Å². The maximum atomic E-state index is 13.0. The average Bonchev–Trinajstić information content (AvgIpc) is 3.39. The first-order chi connectivity index (χ1) is 13.7. The van der Waals surface area contributed by atoms with Crippen molar-refractivity contribution < 1.29 is 12.8 Å². The van der Waals surface area contributed by atoms with Gasteiger partial charge in [-0.15, -0.1) is 10.2 Å². The van der Waals surface area contributed by atoms with Crippen LogP contribution in [0.15, 0.2) is 50.4 Å². The predicted molar refractivity (Wildman–Crippen MR) is 113 cm³/mol. The fourth-order valence-corrected chi connectivity index (χ4v) is 5.62. The number of sulfonamides is 1. The van der Waals surface area contributed by atoms with Crippen molar-refractivity contribution >= 4 is 21.4 Å². The molecule has 1 saturated heterocycles. The van der Waals surface area contributed by atoms with Gasteiger partial charge in [0.15, 0.2) is 0 Å². The van der Waals surface area contributed by atoms with Crippen LogP contribution >= 0.6 is 11.3 Å². The molecule has 0 radical (unpaired) electrons. The fraction of sp³-hybridized carbons (Fsp3) is 0.429. The highest BCUT2D eigenvalue weighted by Crippen LogP contribution is 2.32. The van der Waals surface area contributed by atoms with E-state index >= 15 is 0 Å². The van der Waals surface area contributed by atoms with Crippen LogP contribution in [0.3, 0.4) is 0 Å². The maximum Gasteiger partial charge on any atom is 0.248 e. The van der Waals surface area contributed by atoms with Crippen molar-refractivity contribution in [1.82, 2.24) is 14.5 Å². The molecule has 0 unspecified atom stereocenters. The zero-order valence-electron chi connectivity index (χ0n) is 16.8. The molecular weight excluding hydrogens is 406 g/mol. The monoisotopic (exact) mass is 431 g/mol. The minimum atomic E-state index is -3.49. The number of rotatable bonds is 4. The Labute approximate surface area is 175 Å². The molecule has 0 N–H and O–H groups in total. The maximum absolute atomic E-state index is 13.0. The van der Waals surface area contributed by atoms with Gasteiger partial charge in [0, 0.05) is 30.0 Å². The van der Waals surface area contributed by atoms with Crippen molar-refractivity contribution in [2.45, 2.75) is 49.8 Å². The SMILES string of the molecule is CC(C)(C)c1ccc(S(=O)(=O)N2CCC(c3nnc(-c4ccsc4)o3)CC2)cc1. The van der Waals surface area contributed by atoms with Crippen LogP contribution in [-0.4, -0.2) is 36.0 Å². The van der Waals surface area contributed by atoms with Crippen LogP contribution in [0.2, 0.25) is 0 Å². The molecule has 0 spiro atoms. The smallest absolute Gasteiger partial charge is 0.248 e. The minimum Gasteiger partial charge on any atom is -0.420 e. The van der Waals surface area contributed by atoms with Crippen LogP contribution in [0.4, 0.5) is 0 Å². The van der Waals surface area contributed by atoms with Crippen molar-refractivity contribution in [3.63, 3.8) is 0 Å². The number of piperidine rings is 1. The summed E-state index contributed by atoms with van der Waals surface area (Å²) in [5.41, 5.74) is 2.03. The first-order valence-corrected chi connectivity index (χ1v) is 12.1. The van der Waals surface area contributed by atoms with Crippen LogP contribution in [-0.2, 0) is 15.4 Å². The van der Waals surface area contributed by atoms with Crippen LogP contribution in [0.25, 0.3) is 11.5 Å². The van der Waals surface area contributed by atoms with E-state index in [9.17, 15) is 8.42 Å². The molecule has 154 valence electrons. The van der Waals surface area contributed by atoms with Crippen molar-refractivity contribution in [2.24, 2.45) is 0 Å². The second-order valence-corrected chi connectivity index (χ2v) is 11.1. The Morgan fingerprint density at radius 1 is 1.07 bits per heavy atom. The lowest BCUT2D eigenvalue weighted by molar-refractivity contribution is 0.291.